The zero-order chi connectivity index (χ0) is 7.40. The molecule has 1 atom stereocenters. The van der Waals surface area contributed by atoms with Gasteiger partial charge in [-0.1, -0.05) is 0 Å². The molecule has 0 amide bonds. The van der Waals surface area contributed by atoms with Gasteiger partial charge in [0.05, 0.1) is 13.2 Å². The van der Waals surface area contributed by atoms with Gasteiger partial charge in [0.15, 0.2) is 0 Å². The van der Waals surface area contributed by atoms with Crippen LogP contribution in [-0.4, -0.2) is 47.0 Å². The van der Waals surface area contributed by atoms with Gasteiger partial charge >= 0.3 is 0 Å². The molecule has 1 N–H and O–H groups in total. The van der Waals surface area contributed by atoms with E-state index in [1.165, 1.54) is 0 Å². The van der Waals surface area contributed by atoms with Gasteiger partial charge in [0.1, 0.15) is 4.11 Å². The van der Waals surface area contributed by atoms with Gasteiger partial charge in [-0.3, -0.25) is 4.90 Å². The highest BCUT2D eigenvalue weighted by Crippen LogP contribution is 2.09. The predicted octanol–water partition coefficient (Wildman–Crippen LogP) is 0.0720. The van der Waals surface area contributed by atoms with Gasteiger partial charge in [-0.05, 0) is 22.6 Å². The van der Waals surface area contributed by atoms with Gasteiger partial charge in [-0.15, -0.1) is 0 Å². The topological polar surface area (TPSA) is 32.7 Å². The smallest absolute Gasteiger partial charge is 0.121 e. The largest absolute Gasteiger partial charge is 0.395 e. The third kappa shape index (κ3) is 2.69. The monoisotopic (exact) mass is 257 g/mol. The summed E-state index contributed by atoms with van der Waals surface area (Å²) in [6.45, 7) is 3.74. The van der Waals surface area contributed by atoms with Crippen LogP contribution in [0.2, 0.25) is 0 Å². The van der Waals surface area contributed by atoms with Crippen molar-refractivity contribution < 1.29 is 9.84 Å². The lowest BCUT2D eigenvalue weighted by Gasteiger charge is -2.29. The van der Waals surface area contributed by atoms with Crippen molar-refractivity contribution in [2.24, 2.45) is 0 Å². The van der Waals surface area contributed by atoms with E-state index in [-0.39, 0.29) is 6.61 Å². The second kappa shape index (κ2) is 4.48. The van der Waals surface area contributed by atoms with Gasteiger partial charge in [-0.2, -0.15) is 0 Å². The SMILES string of the molecule is OCCN1CCOC(I)C1. The van der Waals surface area contributed by atoms with Crippen molar-refractivity contribution in [2.75, 3.05) is 32.8 Å². The molecule has 0 aliphatic carbocycles. The lowest BCUT2D eigenvalue weighted by molar-refractivity contribution is 0.0203. The van der Waals surface area contributed by atoms with E-state index in [2.05, 4.69) is 27.5 Å². The summed E-state index contributed by atoms with van der Waals surface area (Å²) in [7, 11) is 0. The maximum Gasteiger partial charge on any atom is 0.121 e. The number of morpholine rings is 1. The fourth-order valence-electron chi connectivity index (χ4n) is 1.00. The second-order valence-corrected chi connectivity index (χ2v) is 3.69. The Labute approximate surface area is 74.5 Å². The Balaban J connectivity index is 2.18. The number of aliphatic hydroxyl groups excluding tert-OH is 1. The van der Waals surface area contributed by atoms with Crippen LogP contribution in [0.25, 0.3) is 0 Å². The maximum absolute atomic E-state index is 8.62. The molecule has 0 bridgehead atoms. The van der Waals surface area contributed by atoms with Gasteiger partial charge in [0.2, 0.25) is 0 Å². The molecule has 1 unspecified atom stereocenters. The van der Waals surface area contributed by atoms with Gasteiger partial charge in [-0.25, -0.2) is 0 Å². The average Bonchev–Trinajstić information content (AvgIpc) is 1.88. The summed E-state index contributed by atoms with van der Waals surface area (Å²) in [6.07, 6.45) is 0. The first-order valence-electron chi connectivity index (χ1n) is 3.42. The first-order valence-corrected chi connectivity index (χ1v) is 4.66. The number of rotatable bonds is 2. The number of nitrogens with zero attached hydrogens (tertiary/aromatic N) is 1. The van der Waals surface area contributed by atoms with Crippen molar-refractivity contribution in [3.05, 3.63) is 0 Å². The normalized spacial score (nSPS) is 28.8. The second-order valence-electron chi connectivity index (χ2n) is 2.31. The fourth-order valence-corrected chi connectivity index (χ4v) is 1.81. The van der Waals surface area contributed by atoms with Crippen molar-refractivity contribution >= 4 is 22.6 Å². The molecule has 4 heteroatoms. The average molecular weight is 257 g/mol. The summed E-state index contributed by atoms with van der Waals surface area (Å²) < 4.78 is 5.62. The van der Waals surface area contributed by atoms with Crippen LogP contribution in [0.15, 0.2) is 0 Å². The van der Waals surface area contributed by atoms with E-state index in [1.54, 1.807) is 0 Å². The Bertz CT molecular complexity index is 99.7. The van der Waals surface area contributed by atoms with Crippen LogP contribution < -0.4 is 0 Å². The zero-order valence-corrected chi connectivity index (χ0v) is 7.95. The molecular formula is C6H12INO2. The lowest BCUT2D eigenvalue weighted by atomic mass is 10.4. The number of hydrogen-bond donors (Lipinski definition) is 1. The molecule has 1 aliphatic rings. The molecule has 10 heavy (non-hydrogen) atoms. The molecule has 1 saturated heterocycles. The third-order valence-corrected chi connectivity index (χ3v) is 2.28. The van der Waals surface area contributed by atoms with Crippen LogP contribution in [-0.2, 0) is 4.74 Å². The van der Waals surface area contributed by atoms with Crippen LogP contribution in [0.4, 0.5) is 0 Å². The lowest BCUT2D eigenvalue weighted by Crippen LogP contribution is -2.41. The number of β-amino-alcohol motifs (C(OH)–C–C–N with tert-alkyl or cyclic N) is 1. The molecule has 1 rings (SSSR count). The molecular weight excluding hydrogens is 245 g/mol. The highest BCUT2D eigenvalue weighted by molar-refractivity contribution is 14.1. The van der Waals surface area contributed by atoms with E-state index in [9.17, 15) is 0 Å². The fraction of sp³-hybridized carbons (Fsp3) is 1.00. The summed E-state index contributed by atoms with van der Waals surface area (Å²) in [5.41, 5.74) is 0. The number of alkyl halides is 1. The van der Waals surface area contributed by atoms with E-state index in [0.29, 0.717) is 4.11 Å². The van der Waals surface area contributed by atoms with Crippen LogP contribution in [0.1, 0.15) is 0 Å². The Morgan fingerprint density at radius 3 is 3.10 bits per heavy atom. The van der Waals surface area contributed by atoms with Crippen LogP contribution in [0.3, 0.4) is 0 Å². The van der Waals surface area contributed by atoms with Crippen LogP contribution in [0, 0.1) is 0 Å². The standard InChI is InChI=1S/C6H12INO2/c7-6-5-8(1-3-9)2-4-10-6/h6,9H,1-5H2. The molecule has 0 saturated carbocycles. The first kappa shape index (κ1) is 8.70. The molecule has 0 aromatic rings. The molecule has 0 radical (unpaired) electrons. The van der Waals surface area contributed by atoms with E-state index in [4.69, 9.17) is 9.84 Å². The summed E-state index contributed by atoms with van der Waals surface area (Å²) in [6, 6.07) is 0. The van der Waals surface area contributed by atoms with Crippen molar-refractivity contribution in [1.29, 1.82) is 0 Å². The summed E-state index contributed by atoms with van der Waals surface area (Å²) in [5, 5.41) is 8.62. The van der Waals surface area contributed by atoms with E-state index in [0.717, 1.165) is 26.2 Å². The minimum Gasteiger partial charge on any atom is -0.395 e. The molecule has 0 aromatic heterocycles. The Kier molecular flexibility index (Phi) is 3.90. The minimum absolute atomic E-state index is 0.253. The summed E-state index contributed by atoms with van der Waals surface area (Å²) in [5.74, 6) is 0. The van der Waals surface area contributed by atoms with Crippen molar-refractivity contribution in [3.63, 3.8) is 0 Å². The number of ether oxygens (including phenoxy) is 1. The van der Waals surface area contributed by atoms with Crippen molar-refractivity contribution in [3.8, 4) is 0 Å². The van der Waals surface area contributed by atoms with Crippen LogP contribution in [0.5, 0.6) is 0 Å². The molecule has 1 aliphatic heterocycles. The van der Waals surface area contributed by atoms with Crippen LogP contribution >= 0.6 is 22.6 Å². The van der Waals surface area contributed by atoms with Gasteiger partial charge in [0.25, 0.3) is 0 Å². The quantitative estimate of drug-likeness (QED) is 0.561. The molecule has 1 heterocycles. The number of hydrogen-bond acceptors (Lipinski definition) is 3. The van der Waals surface area contributed by atoms with Gasteiger partial charge in [0, 0.05) is 19.6 Å². The van der Waals surface area contributed by atoms with Crippen molar-refractivity contribution in [2.45, 2.75) is 4.11 Å². The molecule has 60 valence electrons. The Hall–Kier alpha value is 0.610. The van der Waals surface area contributed by atoms with Crippen molar-refractivity contribution in [1.82, 2.24) is 4.90 Å². The highest BCUT2D eigenvalue weighted by atomic mass is 127. The van der Waals surface area contributed by atoms with E-state index < -0.39 is 0 Å². The predicted molar refractivity (Wildman–Crippen MR) is 47.3 cm³/mol. The van der Waals surface area contributed by atoms with Gasteiger partial charge < -0.3 is 9.84 Å². The zero-order valence-electron chi connectivity index (χ0n) is 5.79. The maximum atomic E-state index is 8.62. The number of aliphatic hydroxyl groups is 1. The molecule has 0 aromatic carbocycles. The number of halogens is 1. The summed E-state index contributed by atoms with van der Waals surface area (Å²) in [4.78, 5) is 2.21. The highest BCUT2D eigenvalue weighted by Gasteiger charge is 2.16. The first-order chi connectivity index (χ1) is 4.83. The third-order valence-electron chi connectivity index (χ3n) is 1.52. The Morgan fingerprint density at radius 2 is 2.50 bits per heavy atom. The Morgan fingerprint density at radius 1 is 1.70 bits per heavy atom. The minimum atomic E-state index is 0.253. The van der Waals surface area contributed by atoms with E-state index >= 15 is 0 Å². The van der Waals surface area contributed by atoms with E-state index in [1.807, 2.05) is 0 Å². The summed E-state index contributed by atoms with van der Waals surface area (Å²) >= 11 is 2.27. The molecule has 1 fully saturated rings. The molecule has 0 spiro atoms. The molecule has 3 nitrogen and oxygen atoms in total.